The van der Waals surface area contributed by atoms with E-state index in [4.69, 9.17) is 0 Å². The van der Waals surface area contributed by atoms with Crippen molar-refractivity contribution in [1.82, 2.24) is 20.0 Å². The van der Waals surface area contributed by atoms with E-state index >= 15 is 0 Å². The van der Waals surface area contributed by atoms with Gasteiger partial charge in [-0.1, -0.05) is 0 Å². The molecule has 2 aliphatic rings. The number of aliphatic hydroxyl groups excluding tert-OH is 1. The van der Waals surface area contributed by atoms with Gasteiger partial charge in [0, 0.05) is 18.5 Å². The summed E-state index contributed by atoms with van der Waals surface area (Å²) in [6.45, 7) is 0.409. The number of rotatable bonds is 3. The first-order chi connectivity index (χ1) is 11.3. The summed E-state index contributed by atoms with van der Waals surface area (Å²) in [5.41, 5.74) is 1.61. The lowest BCUT2D eigenvalue weighted by molar-refractivity contribution is -0.190. The third kappa shape index (κ3) is 3.14. The molecule has 2 aliphatic heterocycles. The van der Waals surface area contributed by atoms with Crippen molar-refractivity contribution < 1.29 is 23.1 Å². The Morgan fingerprint density at radius 3 is 2.83 bits per heavy atom. The minimum atomic E-state index is -4.23. The molecule has 134 valence electrons. The fraction of sp³-hybridized carbons (Fsp3) is 0.733. The summed E-state index contributed by atoms with van der Waals surface area (Å²) in [4.78, 5) is 15.4. The summed E-state index contributed by atoms with van der Waals surface area (Å²) in [6, 6.07) is -1.85. The number of piperidine rings is 1. The summed E-state index contributed by atoms with van der Waals surface area (Å²) >= 11 is 0. The molecule has 2 N–H and O–H groups in total. The van der Waals surface area contributed by atoms with Gasteiger partial charge in [0.05, 0.1) is 31.1 Å². The Bertz CT molecular complexity index is 604. The minimum Gasteiger partial charge on any atom is -0.394 e. The molecule has 0 saturated carbocycles. The number of halogens is 3. The largest absolute Gasteiger partial charge is 0.404 e. The quantitative estimate of drug-likeness (QED) is 0.869. The molecule has 3 rings (SSSR count). The Hall–Kier alpha value is -1.61. The van der Waals surface area contributed by atoms with Crippen LogP contribution in [0, 0.1) is 5.92 Å². The zero-order chi connectivity index (χ0) is 17.5. The number of fused-ring (bicyclic) bond motifs is 1. The smallest absolute Gasteiger partial charge is 0.394 e. The zero-order valence-electron chi connectivity index (χ0n) is 13.4. The molecule has 0 aromatic carbocycles. The number of hydrogen-bond acceptors (Lipinski definition) is 4. The minimum absolute atomic E-state index is 0.0182. The lowest BCUT2D eigenvalue weighted by Gasteiger charge is -2.38. The number of aromatic nitrogens is 2. The van der Waals surface area contributed by atoms with Gasteiger partial charge in [-0.25, -0.2) is 0 Å². The van der Waals surface area contributed by atoms with Crippen LogP contribution >= 0.6 is 0 Å². The Labute approximate surface area is 137 Å². The topological polar surface area (TPSA) is 72.5 Å². The highest BCUT2D eigenvalue weighted by Gasteiger charge is 2.45. The average Bonchev–Trinajstić information content (AvgIpc) is 3.05. The van der Waals surface area contributed by atoms with Crippen molar-refractivity contribution in [2.45, 2.75) is 44.1 Å². The molecule has 1 fully saturated rings. The van der Waals surface area contributed by atoms with Gasteiger partial charge in [-0.3, -0.25) is 14.8 Å². The van der Waals surface area contributed by atoms with Crippen LogP contribution in [0.1, 0.15) is 36.6 Å². The summed E-state index contributed by atoms with van der Waals surface area (Å²) in [5.74, 6) is -0.236. The molecule has 1 aromatic heterocycles. The van der Waals surface area contributed by atoms with Gasteiger partial charge >= 0.3 is 6.18 Å². The van der Waals surface area contributed by atoms with Crippen LogP contribution in [-0.4, -0.2) is 63.4 Å². The number of aromatic amines is 1. The summed E-state index contributed by atoms with van der Waals surface area (Å²) in [6.07, 6.45) is -2.03. The van der Waals surface area contributed by atoms with Crippen molar-refractivity contribution >= 4 is 5.91 Å². The van der Waals surface area contributed by atoms with Crippen molar-refractivity contribution in [3.63, 3.8) is 0 Å². The van der Waals surface area contributed by atoms with E-state index in [1.54, 1.807) is 11.1 Å². The fourth-order valence-electron chi connectivity index (χ4n) is 3.83. The highest BCUT2D eigenvalue weighted by molar-refractivity contribution is 5.77. The van der Waals surface area contributed by atoms with E-state index in [-0.39, 0.29) is 37.8 Å². The monoisotopic (exact) mass is 346 g/mol. The number of carbonyl (C=O) groups excluding carboxylic acids is 1. The summed E-state index contributed by atoms with van der Waals surface area (Å²) < 4.78 is 38.7. The first-order valence-electron chi connectivity index (χ1n) is 8.00. The van der Waals surface area contributed by atoms with E-state index in [1.165, 1.54) is 11.9 Å². The van der Waals surface area contributed by atoms with Crippen molar-refractivity contribution in [1.29, 1.82) is 0 Å². The van der Waals surface area contributed by atoms with E-state index in [2.05, 4.69) is 10.2 Å². The first kappa shape index (κ1) is 17.2. The number of carbonyl (C=O) groups is 1. The second kappa shape index (κ2) is 6.36. The van der Waals surface area contributed by atoms with Crippen LogP contribution < -0.4 is 0 Å². The number of amides is 1. The number of nitrogens with one attached hydrogen (secondary N) is 1. The Morgan fingerprint density at radius 2 is 2.21 bits per heavy atom. The van der Waals surface area contributed by atoms with Crippen LogP contribution in [0.25, 0.3) is 0 Å². The number of alkyl halides is 3. The molecule has 24 heavy (non-hydrogen) atoms. The molecule has 1 saturated heterocycles. The van der Waals surface area contributed by atoms with Crippen LogP contribution in [0.2, 0.25) is 0 Å². The second-order valence-electron chi connectivity index (χ2n) is 6.67. The predicted octanol–water partition coefficient (Wildman–Crippen LogP) is 1.45. The Morgan fingerprint density at radius 1 is 1.46 bits per heavy atom. The molecule has 0 aliphatic carbocycles. The first-order valence-corrected chi connectivity index (χ1v) is 8.00. The zero-order valence-corrected chi connectivity index (χ0v) is 13.4. The van der Waals surface area contributed by atoms with Gasteiger partial charge in [-0.15, -0.1) is 0 Å². The molecule has 0 spiro atoms. The summed E-state index contributed by atoms with van der Waals surface area (Å²) in [7, 11) is 1.46. The molecular weight excluding hydrogens is 325 g/mol. The third-order valence-corrected chi connectivity index (χ3v) is 5.08. The maximum atomic E-state index is 12.9. The lowest BCUT2D eigenvalue weighted by Crippen LogP contribution is -2.49. The normalized spacial score (nSPS) is 28.2. The van der Waals surface area contributed by atoms with E-state index in [0.29, 0.717) is 13.0 Å². The van der Waals surface area contributed by atoms with Crippen LogP contribution in [0.15, 0.2) is 6.20 Å². The van der Waals surface area contributed by atoms with Crippen LogP contribution in [-0.2, 0) is 11.3 Å². The molecular formula is C15H21F3N4O2. The van der Waals surface area contributed by atoms with Gasteiger partial charge in [-0.2, -0.15) is 18.3 Å². The average molecular weight is 346 g/mol. The van der Waals surface area contributed by atoms with Gasteiger partial charge < -0.3 is 10.0 Å². The number of aliphatic hydroxyl groups is 1. The molecule has 0 bridgehead atoms. The Balaban J connectivity index is 1.59. The van der Waals surface area contributed by atoms with E-state index < -0.39 is 18.3 Å². The molecule has 1 aromatic rings. The van der Waals surface area contributed by atoms with Gasteiger partial charge in [0.15, 0.2) is 0 Å². The van der Waals surface area contributed by atoms with Gasteiger partial charge in [0.25, 0.3) is 0 Å². The number of H-pyrrole nitrogens is 1. The molecule has 6 nitrogen and oxygen atoms in total. The molecule has 1 amide bonds. The second-order valence-corrected chi connectivity index (χ2v) is 6.67. The van der Waals surface area contributed by atoms with Crippen molar-refractivity contribution in [2.75, 3.05) is 20.2 Å². The van der Waals surface area contributed by atoms with Crippen molar-refractivity contribution in [3.05, 3.63) is 17.5 Å². The molecule has 0 radical (unpaired) electrons. The summed E-state index contributed by atoms with van der Waals surface area (Å²) in [5, 5.41) is 16.3. The predicted molar refractivity (Wildman–Crippen MR) is 78.8 cm³/mol. The maximum Gasteiger partial charge on any atom is 0.404 e. The number of hydrogen-bond donors (Lipinski definition) is 2. The van der Waals surface area contributed by atoms with Gasteiger partial charge in [0.1, 0.15) is 6.04 Å². The van der Waals surface area contributed by atoms with Crippen LogP contribution in [0.5, 0.6) is 0 Å². The van der Waals surface area contributed by atoms with Gasteiger partial charge in [0.2, 0.25) is 5.91 Å². The van der Waals surface area contributed by atoms with E-state index in [9.17, 15) is 23.1 Å². The number of nitrogens with zero attached hydrogens (tertiary/aromatic N) is 3. The fourth-order valence-corrected chi connectivity index (χ4v) is 3.83. The standard InChI is InChI=1S/C15H21F3N4O2/c1-21-6-9(2-3-13(21)15(16,17)18)4-14(24)22-7-11-10(5-19-20-11)12(22)8-23/h5,9,12-13,23H,2-4,6-8H2,1H3,(H,19,20). The Kier molecular flexibility index (Phi) is 4.56. The highest BCUT2D eigenvalue weighted by atomic mass is 19.4. The highest BCUT2D eigenvalue weighted by Crippen LogP contribution is 2.36. The van der Waals surface area contributed by atoms with E-state index in [1.807, 2.05) is 0 Å². The number of likely N-dealkylation sites (tertiary alicyclic amines) is 1. The van der Waals surface area contributed by atoms with Crippen LogP contribution in [0.4, 0.5) is 13.2 Å². The molecule has 3 atom stereocenters. The lowest BCUT2D eigenvalue weighted by atomic mass is 9.90. The van der Waals surface area contributed by atoms with Crippen molar-refractivity contribution in [3.8, 4) is 0 Å². The van der Waals surface area contributed by atoms with Crippen LogP contribution in [0.3, 0.4) is 0 Å². The van der Waals surface area contributed by atoms with E-state index in [0.717, 1.165) is 11.3 Å². The maximum absolute atomic E-state index is 12.9. The van der Waals surface area contributed by atoms with Crippen molar-refractivity contribution in [2.24, 2.45) is 5.92 Å². The third-order valence-electron chi connectivity index (χ3n) is 5.08. The molecule has 9 heteroatoms. The molecule has 3 heterocycles. The van der Waals surface area contributed by atoms with Gasteiger partial charge in [-0.05, 0) is 25.8 Å². The SMILES string of the molecule is CN1CC(CC(=O)N2Cc3[nH]ncc3C2CO)CCC1C(F)(F)F. The molecule has 3 unspecified atom stereocenters.